The van der Waals surface area contributed by atoms with E-state index < -0.39 is 23.5 Å². The lowest BCUT2D eigenvalue weighted by Gasteiger charge is -2.14. The molecule has 0 saturated heterocycles. The van der Waals surface area contributed by atoms with Crippen molar-refractivity contribution in [1.82, 2.24) is 0 Å². The third-order valence-electron chi connectivity index (χ3n) is 3.66. The Morgan fingerprint density at radius 3 is 1.95 bits per heavy atom. The van der Waals surface area contributed by atoms with E-state index in [0.29, 0.717) is 12.1 Å². The second-order valence-corrected chi connectivity index (χ2v) is 5.39. The first-order valence-electron chi connectivity index (χ1n) is 6.93. The highest BCUT2D eigenvalue weighted by Gasteiger charge is 2.37. The first-order chi connectivity index (χ1) is 10.1. The molecular weight excluding hydrogens is 308 g/mol. The molecule has 7 heteroatoms. The molecule has 0 fully saturated rings. The molecule has 22 heavy (non-hydrogen) atoms. The van der Waals surface area contributed by atoms with Crippen molar-refractivity contribution in [2.24, 2.45) is 4.99 Å². The van der Waals surface area contributed by atoms with Crippen LogP contribution in [0.2, 0.25) is 0 Å². The molecule has 1 atom stereocenters. The van der Waals surface area contributed by atoms with Crippen LogP contribution in [-0.4, -0.2) is 11.8 Å². The van der Waals surface area contributed by atoms with Gasteiger partial charge in [-0.05, 0) is 43.0 Å². The summed E-state index contributed by atoms with van der Waals surface area (Å²) < 4.78 is 76.6. The van der Waals surface area contributed by atoms with Gasteiger partial charge < -0.3 is 0 Å². The van der Waals surface area contributed by atoms with Crippen LogP contribution in [0, 0.1) is 0 Å². The van der Waals surface area contributed by atoms with E-state index in [0.717, 1.165) is 25.0 Å². The van der Waals surface area contributed by atoms with Gasteiger partial charge in [-0.25, -0.2) is 0 Å². The molecule has 122 valence electrons. The summed E-state index contributed by atoms with van der Waals surface area (Å²) in [5.41, 5.74) is -1.89. The van der Waals surface area contributed by atoms with Crippen LogP contribution in [0.5, 0.6) is 0 Å². The summed E-state index contributed by atoms with van der Waals surface area (Å²) in [6.07, 6.45) is -7.34. The molecule has 0 amide bonds. The Kier molecular flexibility index (Phi) is 4.54. The monoisotopic (exact) mass is 323 g/mol. The van der Waals surface area contributed by atoms with Crippen LogP contribution in [0.25, 0.3) is 0 Å². The minimum Gasteiger partial charge on any atom is -0.290 e. The Morgan fingerprint density at radius 1 is 1.00 bits per heavy atom. The van der Waals surface area contributed by atoms with Crippen molar-refractivity contribution in [2.75, 3.05) is 0 Å². The van der Waals surface area contributed by atoms with Crippen molar-refractivity contribution in [3.05, 3.63) is 34.9 Å². The third-order valence-corrected chi connectivity index (χ3v) is 3.66. The fourth-order valence-corrected chi connectivity index (χ4v) is 2.51. The van der Waals surface area contributed by atoms with Crippen LogP contribution in [0.3, 0.4) is 0 Å². The number of halogens is 6. The van der Waals surface area contributed by atoms with Gasteiger partial charge in [0.1, 0.15) is 0 Å². The zero-order valence-electron chi connectivity index (χ0n) is 11.9. The minimum absolute atomic E-state index is 0.00217. The van der Waals surface area contributed by atoms with Crippen molar-refractivity contribution in [2.45, 2.75) is 51.0 Å². The summed E-state index contributed by atoms with van der Waals surface area (Å²) in [6.45, 7) is 1.95. The maximum absolute atomic E-state index is 12.8. The van der Waals surface area contributed by atoms with E-state index in [-0.39, 0.29) is 24.1 Å². The second kappa shape index (κ2) is 5.93. The SMILES string of the molecule is CCC1CCC(Cc2cc(C(F)(F)F)cc(C(F)(F)F)c2)=N1. The standard InChI is InChI=1S/C15H15F6N/c1-2-12-3-4-13(22-12)7-9-5-10(14(16,17)18)8-11(6-9)15(19,20)21/h5-6,8,12H,2-4,7H2,1H3. The fourth-order valence-electron chi connectivity index (χ4n) is 2.51. The van der Waals surface area contributed by atoms with Gasteiger partial charge in [-0.2, -0.15) is 26.3 Å². The van der Waals surface area contributed by atoms with Gasteiger partial charge in [-0.15, -0.1) is 0 Å². The highest BCUT2D eigenvalue weighted by atomic mass is 19.4. The van der Waals surface area contributed by atoms with E-state index in [1.54, 1.807) is 0 Å². The number of alkyl halides is 6. The second-order valence-electron chi connectivity index (χ2n) is 5.39. The van der Waals surface area contributed by atoms with Crippen LogP contribution in [0.4, 0.5) is 26.3 Å². The fraction of sp³-hybridized carbons (Fsp3) is 0.533. The topological polar surface area (TPSA) is 12.4 Å². The van der Waals surface area contributed by atoms with E-state index in [2.05, 4.69) is 4.99 Å². The Labute approximate surface area is 124 Å². The number of nitrogens with zero attached hydrogens (tertiary/aromatic N) is 1. The molecule has 1 heterocycles. The average Bonchev–Trinajstić information content (AvgIpc) is 2.84. The minimum atomic E-state index is -4.81. The van der Waals surface area contributed by atoms with Gasteiger partial charge >= 0.3 is 12.4 Å². The lowest BCUT2D eigenvalue weighted by Crippen LogP contribution is -2.12. The molecule has 0 bridgehead atoms. The predicted molar refractivity (Wildman–Crippen MR) is 70.9 cm³/mol. The molecule has 2 rings (SSSR count). The van der Waals surface area contributed by atoms with Crippen molar-refractivity contribution < 1.29 is 26.3 Å². The quantitative estimate of drug-likeness (QED) is 0.671. The van der Waals surface area contributed by atoms with Gasteiger partial charge in [0.15, 0.2) is 0 Å². The highest BCUT2D eigenvalue weighted by Crippen LogP contribution is 2.36. The molecule has 1 aromatic carbocycles. The Morgan fingerprint density at radius 2 is 1.55 bits per heavy atom. The van der Waals surface area contributed by atoms with Gasteiger partial charge in [-0.3, -0.25) is 4.99 Å². The number of hydrogen-bond acceptors (Lipinski definition) is 1. The first kappa shape index (κ1) is 16.8. The lowest BCUT2D eigenvalue weighted by molar-refractivity contribution is -0.143. The van der Waals surface area contributed by atoms with Gasteiger partial charge in [0, 0.05) is 18.2 Å². The van der Waals surface area contributed by atoms with Crippen molar-refractivity contribution in [1.29, 1.82) is 0 Å². The molecular formula is C15H15F6N. The van der Waals surface area contributed by atoms with Crippen LogP contribution in [0.1, 0.15) is 42.9 Å². The summed E-state index contributed by atoms with van der Waals surface area (Å²) in [4.78, 5) is 4.34. The molecule has 0 radical (unpaired) electrons. The molecule has 1 aliphatic heterocycles. The number of benzene rings is 1. The summed E-state index contributed by atoms with van der Waals surface area (Å²) in [5, 5.41) is 0. The molecule has 1 unspecified atom stereocenters. The molecule has 0 saturated carbocycles. The van der Waals surface area contributed by atoms with Crippen LogP contribution >= 0.6 is 0 Å². The maximum atomic E-state index is 12.8. The van der Waals surface area contributed by atoms with E-state index in [4.69, 9.17) is 0 Å². The number of hydrogen-bond donors (Lipinski definition) is 0. The summed E-state index contributed by atoms with van der Waals surface area (Å²) in [6, 6.07) is 1.82. The van der Waals surface area contributed by atoms with Gasteiger partial charge in [0.25, 0.3) is 0 Å². The van der Waals surface area contributed by atoms with Gasteiger partial charge in [-0.1, -0.05) is 6.92 Å². The van der Waals surface area contributed by atoms with Crippen molar-refractivity contribution >= 4 is 5.71 Å². The first-order valence-corrected chi connectivity index (χ1v) is 6.93. The molecule has 0 aromatic heterocycles. The number of rotatable bonds is 3. The highest BCUT2D eigenvalue weighted by molar-refractivity contribution is 5.88. The molecule has 0 N–H and O–H groups in total. The smallest absolute Gasteiger partial charge is 0.290 e. The Hall–Kier alpha value is -1.53. The molecule has 1 aromatic rings. The Bertz CT molecular complexity index is 538. The summed E-state index contributed by atoms with van der Waals surface area (Å²) in [7, 11) is 0. The zero-order chi connectivity index (χ0) is 16.5. The summed E-state index contributed by atoms with van der Waals surface area (Å²) in [5.74, 6) is 0. The van der Waals surface area contributed by atoms with Gasteiger partial charge in [0.2, 0.25) is 0 Å². The number of aliphatic imine (C=N–C) groups is 1. The van der Waals surface area contributed by atoms with Crippen LogP contribution < -0.4 is 0 Å². The Balaban J connectivity index is 2.35. The van der Waals surface area contributed by atoms with Gasteiger partial charge in [0.05, 0.1) is 11.1 Å². The normalized spacial score (nSPS) is 19.4. The maximum Gasteiger partial charge on any atom is 0.416 e. The zero-order valence-corrected chi connectivity index (χ0v) is 11.9. The van der Waals surface area contributed by atoms with Crippen molar-refractivity contribution in [3.63, 3.8) is 0 Å². The van der Waals surface area contributed by atoms with E-state index in [9.17, 15) is 26.3 Å². The average molecular weight is 323 g/mol. The molecule has 0 aliphatic carbocycles. The van der Waals surface area contributed by atoms with E-state index in [1.807, 2.05) is 6.92 Å². The predicted octanol–water partition coefficient (Wildman–Crippen LogP) is 5.28. The lowest BCUT2D eigenvalue weighted by atomic mass is 9.99. The van der Waals surface area contributed by atoms with E-state index in [1.165, 1.54) is 0 Å². The van der Waals surface area contributed by atoms with Crippen LogP contribution in [-0.2, 0) is 18.8 Å². The molecule has 1 aliphatic rings. The summed E-state index contributed by atoms with van der Waals surface area (Å²) >= 11 is 0. The molecule has 0 spiro atoms. The van der Waals surface area contributed by atoms with E-state index >= 15 is 0 Å². The van der Waals surface area contributed by atoms with Crippen LogP contribution in [0.15, 0.2) is 23.2 Å². The molecule has 1 nitrogen and oxygen atoms in total. The largest absolute Gasteiger partial charge is 0.416 e. The third kappa shape index (κ3) is 4.01. The van der Waals surface area contributed by atoms with Crippen molar-refractivity contribution in [3.8, 4) is 0 Å².